The number of rotatable bonds is 15. The molecule has 50 heavy (non-hydrogen) atoms. The fraction of sp³-hybridized carbons (Fsp3) is 0.350. The van der Waals surface area contributed by atoms with Gasteiger partial charge in [0.25, 0.3) is 0 Å². The van der Waals surface area contributed by atoms with E-state index in [1.54, 1.807) is 24.3 Å². The van der Waals surface area contributed by atoms with Gasteiger partial charge in [0.2, 0.25) is 5.91 Å². The largest absolute Gasteiger partial charge is 0.508 e. The standard InChI is InChI=1S/C40H46N2O8/c1-26-36(24-42(2)23-35(45)32-10-5-12-34(44)21-32)49-40(50-39(26)29-17-15-27(25-43)16-18-29)33-11-4-9-31(20-33)30-8-3-7-28(19-30)22-41-37(46)13-6-14-38(47)48/h3-5,7-12,15-21,26,35-36,39-40,43-45H,6,13-14,22-25H2,1-2H3,(H,41,46)(H,47,48)/t26-,35-,36+,39+,40+/m1/s1. The fourth-order valence-corrected chi connectivity index (χ4v) is 6.26. The number of carbonyl (C=O) groups excluding carboxylic acids is 1. The number of likely N-dealkylation sites (N-methyl/N-ethyl adjacent to an activating group) is 1. The van der Waals surface area contributed by atoms with Crippen molar-refractivity contribution < 1.29 is 39.5 Å². The van der Waals surface area contributed by atoms with Gasteiger partial charge in [0, 0.05) is 44.0 Å². The summed E-state index contributed by atoms with van der Waals surface area (Å²) >= 11 is 0. The van der Waals surface area contributed by atoms with Crippen LogP contribution in [0.2, 0.25) is 0 Å². The monoisotopic (exact) mass is 682 g/mol. The lowest BCUT2D eigenvalue weighted by atomic mass is 9.89. The number of benzene rings is 4. The molecular weight excluding hydrogens is 636 g/mol. The van der Waals surface area contributed by atoms with Crippen LogP contribution in [0.4, 0.5) is 0 Å². The number of carboxylic acids is 1. The Morgan fingerprint density at radius 3 is 2.30 bits per heavy atom. The summed E-state index contributed by atoms with van der Waals surface area (Å²) in [6, 6.07) is 30.3. The van der Waals surface area contributed by atoms with Crippen molar-refractivity contribution in [3.63, 3.8) is 0 Å². The second kappa shape index (κ2) is 17.4. The maximum atomic E-state index is 12.2. The van der Waals surface area contributed by atoms with Crippen LogP contribution in [0.3, 0.4) is 0 Å². The smallest absolute Gasteiger partial charge is 0.303 e. The van der Waals surface area contributed by atoms with Gasteiger partial charge in [-0.2, -0.15) is 0 Å². The Balaban J connectivity index is 1.33. The van der Waals surface area contributed by atoms with E-state index in [4.69, 9.17) is 14.6 Å². The number of ether oxygens (including phenoxy) is 2. The van der Waals surface area contributed by atoms with Gasteiger partial charge in [-0.15, -0.1) is 0 Å². The Morgan fingerprint density at radius 2 is 1.58 bits per heavy atom. The highest BCUT2D eigenvalue weighted by Crippen LogP contribution is 2.42. The molecule has 1 aliphatic rings. The van der Waals surface area contributed by atoms with Crippen LogP contribution in [0.25, 0.3) is 11.1 Å². The van der Waals surface area contributed by atoms with Gasteiger partial charge in [0.05, 0.1) is 24.9 Å². The molecule has 1 amide bonds. The molecule has 264 valence electrons. The summed E-state index contributed by atoms with van der Waals surface area (Å²) in [4.78, 5) is 25.0. The van der Waals surface area contributed by atoms with Crippen molar-refractivity contribution in [1.82, 2.24) is 10.2 Å². The molecule has 1 fully saturated rings. The highest BCUT2D eigenvalue weighted by molar-refractivity contribution is 5.76. The molecule has 1 heterocycles. The lowest BCUT2D eigenvalue weighted by molar-refractivity contribution is -0.276. The van der Waals surface area contributed by atoms with E-state index in [1.807, 2.05) is 84.7 Å². The molecular formula is C40H46N2O8. The Kier molecular flexibility index (Phi) is 12.8. The number of phenols is 1. The molecule has 4 aromatic carbocycles. The van der Waals surface area contributed by atoms with E-state index < -0.39 is 18.4 Å². The molecule has 5 rings (SSSR count). The van der Waals surface area contributed by atoms with Gasteiger partial charge in [-0.1, -0.05) is 79.7 Å². The first-order valence-electron chi connectivity index (χ1n) is 16.9. The molecule has 1 aliphatic heterocycles. The third-order valence-electron chi connectivity index (χ3n) is 9.06. The average Bonchev–Trinajstić information content (AvgIpc) is 3.11. The Bertz CT molecular complexity index is 1730. The van der Waals surface area contributed by atoms with Crippen LogP contribution < -0.4 is 5.32 Å². The van der Waals surface area contributed by atoms with Crippen LogP contribution >= 0.6 is 0 Å². The Morgan fingerprint density at radius 1 is 0.860 bits per heavy atom. The summed E-state index contributed by atoms with van der Waals surface area (Å²) in [5.41, 5.74) is 6.10. The van der Waals surface area contributed by atoms with Crippen molar-refractivity contribution in [2.24, 2.45) is 5.92 Å². The number of amides is 1. The van der Waals surface area contributed by atoms with E-state index in [0.29, 0.717) is 31.6 Å². The zero-order valence-corrected chi connectivity index (χ0v) is 28.4. The van der Waals surface area contributed by atoms with Crippen LogP contribution in [0.1, 0.15) is 72.5 Å². The summed E-state index contributed by atoms with van der Waals surface area (Å²) in [7, 11) is 1.93. The molecule has 0 aromatic heterocycles. The minimum absolute atomic E-state index is 0.0374. The summed E-state index contributed by atoms with van der Waals surface area (Å²) in [5.74, 6) is -1.04. The first-order valence-corrected chi connectivity index (χ1v) is 16.9. The first-order chi connectivity index (χ1) is 24.1. The topological polar surface area (TPSA) is 149 Å². The predicted molar refractivity (Wildman–Crippen MR) is 189 cm³/mol. The van der Waals surface area contributed by atoms with Crippen LogP contribution in [0, 0.1) is 5.92 Å². The lowest BCUT2D eigenvalue weighted by Gasteiger charge is -2.42. The van der Waals surface area contributed by atoms with Gasteiger partial charge >= 0.3 is 5.97 Å². The zero-order valence-electron chi connectivity index (χ0n) is 28.4. The van der Waals surface area contributed by atoms with E-state index in [9.17, 15) is 24.9 Å². The third-order valence-corrected chi connectivity index (χ3v) is 9.06. The van der Waals surface area contributed by atoms with Crippen LogP contribution in [0.5, 0.6) is 5.75 Å². The van der Waals surface area contributed by atoms with E-state index in [-0.39, 0.29) is 49.2 Å². The van der Waals surface area contributed by atoms with E-state index in [2.05, 4.69) is 12.2 Å². The third kappa shape index (κ3) is 9.99. The second-order valence-electron chi connectivity index (χ2n) is 13.0. The van der Waals surface area contributed by atoms with E-state index in [0.717, 1.165) is 33.4 Å². The van der Waals surface area contributed by atoms with Crippen LogP contribution in [0.15, 0.2) is 97.1 Å². The van der Waals surface area contributed by atoms with E-state index in [1.165, 1.54) is 0 Å². The number of aliphatic hydroxyl groups is 2. The van der Waals surface area contributed by atoms with Crippen molar-refractivity contribution in [2.75, 3.05) is 20.1 Å². The Hall–Kier alpha value is -4.58. The number of aliphatic carboxylic acids is 1. The van der Waals surface area contributed by atoms with Crippen molar-refractivity contribution in [3.8, 4) is 16.9 Å². The molecule has 0 spiro atoms. The maximum absolute atomic E-state index is 12.2. The Labute approximate surface area is 292 Å². The fourth-order valence-electron chi connectivity index (χ4n) is 6.26. The molecule has 0 aliphatic carbocycles. The van der Waals surface area contributed by atoms with Gasteiger partial charge in [0.1, 0.15) is 5.75 Å². The summed E-state index contributed by atoms with van der Waals surface area (Å²) in [6.45, 7) is 3.24. The number of aliphatic hydroxyl groups excluding tert-OH is 2. The molecule has 1 saturated heterocycles. The second-order valence-corrected chi connectivity index (χ2v) is 13.0. The SMILES string of the molecule is C[C@@H]1[C@H](CN(C)C[C@@H](O)c2cccc(O)c2)O[C@H](c2cccc(-c3cccc(CNC(=O)CCCC(=O)O)c3)c2)O[C@@H]1c1ccc(CO)cc1. The summed E-state index contributed by atoms with van der Waals surface area (Å²) in [5, 5.41) is 42.1. The number of hydrogen-bond donors (Lipinski definition) is 5. The van der Waals surface area contributed by atoms with Crippen molar-refractivity contribution in [2.45, 2.75) is 63.9 Å². The summed E-state index contributed by atoms with van der Waals surface area (Å²) in [6.07, 6.45) is -1.62. The number of carboxylic acid groups (broad SMARTS) is 1. The highest BCUT2D eigenvalue weighted by atomic mass is 16.7. The number of aromatic hydroxyl groups is 1. The molecule has 0 bridgehead atoms. The van der Waals surface area contributed by atoms with Crippen molar-refractivity contribution >= 4 is 11.9 Å². The zero-order chi connectivity index (χ0) is 35.6. The molecule has 10 heteroatoms. The van der Waals surface area contributed by atoms with E-state index >= 15 is 0 Å². The average molecular weight is 683 g/mol. The molecule has 4 aromatic rings. The van der Waals surface area contributed by atoms with Gasteiger partial charge in [-0.3, -0.25) is 9.59 Å². The molecule has 5 atom stereocenters. The van der Waals surface area contributed by atoms with Crippen LogP contribution in [-0.4, -0.2) is 63.4 Å². The molecule has 0 unspecified atom stereocenters. The quantitative estimate of drug-likeness (QED) is 0.104. The van der Waals surface area contributed by atoms with Crippen LogP contribution in [-0.2, 0) is 32.2 Å². The van der Waals surface area contributed by atoms with Gasteiger partial charge in [-0.05, 0) is 71.1 Å². The van der Waals surface area contributed by atoms with Gasteiger partial charge < -0.3 is 40.1 Å². The van der Waals surface area contributed by atoms with Crippen molar-refractivity contribution in [1.29, 1.82) is 0 Å². The predicted octanol–water partition coefficient (Wildman–Crippen LogP) is 5.88. The lowest BCUT2D eigenvalue weighted by Crippen LogP contribution is -2.44. The first kappa shape index (κ1) is 36.7. The van der Waals surface area contributed by atoms with Crippen molar-refractivity contribution in [3.05, 3.63) is 125 Å². The number of nitrogens with zero attached hydrogens (tertiary/aromatic N) is 1. The van der Waals surface area contributed by atoms with Gasteiger partial charge in [0.15, 0.2) is 6.29 Å². The minimum atomic E-state index is -0.914. The maximum Gasteiger partial charge on any atom is 0.303 e. The molecule has 0 saturated carbocycles. The highest BCUT2D eigenvalue weighted by Gasteiger charge is 2.39. The molecule has 10 nitrogen and oxygen atoms in total. The minimum Gasteiger partial charge on any atom is -0.508 e. The number of phenolic OH excluding ortho intramolecular Hbond substituents is 1. The number of carbonyl (C=O) groups is 2. The number of nitrogens with one attached hydrogen (secondary N) is 1. The summed E-state index contributed by atoms with van der Waals surface area (Å²) < 4.78 is 13.4. The molecule has 5 N–H and O–H groups in total. The van der Waals surface area contributed by atoms with Gasteiger partial charge in [-0.25, -0.2) is 0 Å². The normalized spacial score (nSPS) is 19.6. The molecule has 0 radical (unpaired) electrons. The number of hydrogen-bond acceptors (Lipinski definition) is 8.